The number of amides is 2. The molecule has 0 aliphatic heterocycles. The third-order valence-electron chi connectivity index (χ3n) is 1.46. The van der Waals surface area contributed by atoms with Crippen molar-refractivity contribution in [1.82, 2.24) is 5.32 Å². The Morgan fingerprint density at radius 3 is 2.29 bits per heavy atom. The van der Waals surface area contributed by atoms with Crippen molar-refractivity contribution >= 4 is 22.8 Å². The Balaban J connectivity index is 4.21. The highest BCUT2D eigenvalue weighted by molar-refractivity contribution is 8.13. The molecule has 0 rings (SSSR count). The highest BCUT2D eigenvalue weighted by atomic mass is 32.2. The molecule has 0 saturated heterocycles. The summed E-state index contributed by atoms with van der Waals surface area (Å²) in [6.07, 6.45) is 2.82. The van der Waals surface area contributed by atoms with Crippen LogP contribution in [-0.4, -0.2) is 23.4 Å². The van der Waals surface area contributed by atoms with E-state index in [2.05, 4.69) is 24.2 Å². The van der Waals surface area contributed by atoms with Gasteiger partial charge in [-0.1, -0.05) is 13.8 Å². The normalized spacial score (nSPS) is 12.4. The highest BCUT2D eigenvalue weighted by Crippen LogP contribution is 2.10. The van der Waals surface area contributed by atoms with Crippen LogP contribution < -0.4 is 5.32 Å². The van der Waals surface area contributed by atoms with Crippen LogP contribution >= 0.6 is 11.8 Å². The van der Waals surface area contributed by atoms with Crippen molar-refractivity contribution < 1.29 is 4.79 Å². The van der Waals surface area contributed by atoms with E-state index in [1.807, 2.05) is 20.1 Å². The van der Waals surface area contributed by atoms with E-state index < -0.39 is 0 Å². The van der Waals surface area contributed by atoms with Gasteiger partial charge in [0.15, 0.2) is 0 Å². The fourth-order valence-corrected chi connectivity index (χ4v) is 1.59. The lowest BCUT2D eigenvalue weighted by atomic mass is 10.1. The quantitative estimate of drug-likeness (QED) is 0.582. The van der Waals surface area contributed by atoms with Crippen LogP contribution in [-0.2, 0) is 0 Å². The Morgan fingerprint density at radius 1 is 1.36 bits per heavy atom. The van der Waals surface area contributed by atoms with Crippen molar-refractivity contribution in [3.63, 3.8) is 0 Å². The first-order valence-electron chi connectivity index (χ1n) is 4.87. The molecule has 0 atom stereocenters. The molecule has 4 heteroatoms. The van der Waals surface area contributed by atoms with Gasteiger partial charge in [-0.15, -0.1) is 11.8 Å². The Kier molecular flexibility index (Phi) is 6.62. The van der Waals surface area contributed by atoms with Gasteiger partial charge in [-0.05, 0) is 32.4 Å². The smallest absolute Gasteiger partial charge is 0.334 e. The van der Waals surface area contributed by atoms with Crippen LogP contribution in [0.15, 0.2) is 4.99 Å². The lowest BCUT2D eigenvalue weighted by molar-refractivity contribution is 0.247. The number of carbonyl (C=O) groups excluding carboxylic acids is 1. The maximum absolute atomic E-state index is 11.3. The molecule has 0 aromatic rings. The van der Waals surface area contributed by atoms with Crippen molar-refractivity contribution in [1.29, 1.82) is 0 Å². The molecule has 3 nitrogen and oxygen atoms in total. The zero-order valence-electron chi connectivity index (χ0n) is 9.63. The van der Waals surface area contributed by atoms with E-state index in [4.69, 9.17) is 0 Å². The minimum atomic E-state index is -0.231. The summed E-state index contributed by atoms with van der Waals surface area (Å²) >= 11 is 1.54. The van der Waals surface area contributed by atoms with Gasteiger partial charge in [0, 0.05) is 6.04 Å². The number of hydrogen-bond donors (Lipinski definition) is 1. The van der Waals surface area contributed by atoms with Crippen molar-refractivity contribution in [2.75, 3.05) is 6.26 Å². The first-order chi connectivity index (χ1) is 6.45. The van der Waals surface area contributed by atoms with Gasteiger partial charge in [-0.25, -0.2) is 4.79 Å². The van der Waals surface area contributed by atoms with E-state index in [0.717, 1.165) is 11.5 Å². The standard InChI is InChI=1S/C10H20N2OS/c1-7(2)6-9(14-5)12-10(13)11-8(3)4/h7-8H,6H2,1-5H3,(H,11,13). The molecule has 0 aromatic heterocycles. The number of carbonyl (C=O) groups is 1. The summed E-state index contributed by atoms with van der Waals surface area (Å²) in [6.45, 7) is 8.08. The van der Waals surface area contributed by atoms with Crippen LogP contribution in [0.25, 0.3) is 0 Å². The molecule has 0 spiro atoms. The summed E-state index contributed by atoms with van der Waals surface area (Å²) in [5, 5.41) is 3.64. The highest BCUT2D eigenvalue weighted by Gasteiger charge is 2.05. The van der Waals surface area contributed by atoms with Crippen LogP contribution in [0, 0.1) is 5.92 Å². The molecule has 2 amide bonds. The minimum Gasteiger partial charge on any atom is -0.334 e. The van der Waals surface area contributed by atoms with Crippen molar-refractivity contribution in [2.45, 2.75) is 40.2 Å². The number of rotatable bonds is 3. The minimum absolute atomic E-state index is 0.147. The van der Waals surface area contributed by atoms with Gasteiger partial charge in [-0.2, -0.15) is 4.99 Å². The zero-order valence-corrected chi connectivity index (χ0v) is 10.4. The van der Waals surface area contributed by atoms with E-state index in [0.29, 0.717) is 5.92 Å². The van der Waals surface area contributed by atoms with Gasteiger partial charge < -0.3 is 5.32 Å². The first kappa shape index (κ1) is 13.5. The lowest BCUT2D eigenvalue weighted by Crippen LogP contribution is -2.28. The molecule has 14 heavy (non-hydrogen) atoms. The second-order valence-corrected chi connectivity index (χ2v) is 4.79. The first-order valence-corrected chi connectivity index (χ1v) is 6.10. The molecular weight excluding hydrogens is 196 g/mol. The lowest BCUT2D eigenvalue weighted by Gasteiger charge is -2.08. The van der Waals surface area contributed by atoms with Crippen LogP contribution in [0.4, 0.5) is 4.79 Å². The molecule has 0 saturated carbocycles. The summed E-state index contributed by atoms with van der Waals surface area (Å²) in [6, 6.07) is -0.0848. The Hall–Kier alpha value is -0.510. The van der Waals surface area contributed by atoms with Gasteiger partial charge in [0.25, 0.3) is 0 Å². The summed E-state index contributed by atoms with van der Waals surface area (Å²) in [7, 11) is 0. The van der Waals surface area contributed by atoms with E-state index >= 15 is 0 Å². The number of hydrogen-bond acceptors (Lipinski definition) is 2. The molecule has 0 radical (unpaired) electrons. The average Bonchev–Trinajstić information content (AvgIpc) is 2.00. The molecule has 0 aliphatic rings. The predicted octanol–water partition coefficient (Wildman–Crippen LogP) is 2.91. The molecule has 82 valence electrons. The van der Waals surface area contributed by atoms with E-state index in [1.54, 1.807) is 11.8 Å². The van der Waals surface area contributed by atoms with E-state index in [9.17, 15) is 4.79 Å². The van der Waals surface area contributed by atoms with Gasteiger partial charge >= 0.3 is 6.03 Å². The predicted molar refractivity (Wildman–Crippen MR) is 64.1 cm³/mol. The third-order valence-corrected chi connectivity index (χ3v) is 2.19. The van der Waals surface area contributed by atoms with Gasteiger partial charge in [0.2, 0.25) is 0 Å². The molecule has 0 unspecified atom stereocenters. The Bertz CT molecular complexity index is 212. The summed E-state index contributed by atoms with van der Waals surface area (Å²) in [5.74, 6) is 0.535. The topological polar surface area (TPSA) is 41.5 Å². The largest absolute Gasteiger partial charge is 0.341 e. The maximum Gasteiger partial charge on any atom is 0.341 e. The molecule has 0 bridgehead atoms. The molecule has 0 fully saturated rings. The number of thioether (sulfide) groups is 1. The molecule has 0 aromatic carbocycles. The molecule has 1 N–H and O–H groups in total. The monoisotopic (exact) mass is 216 g/mol. The van der Waals surface area contributed by atoms with Crippen molar-refractivity contribution in [3.8, 4) is 0 Å². The number of nitrogens with zero attached hydrogens (tertiary/aromatic N) is 1. The van der Waals surface area contributed by atoms with E-state index in [1.165, 1.54) is 0 Å². The summed E-state index contributed by atoms with van der Waals surface area (Å²) in [5.41, 5.74) is 0. The second kappa shape index (κ2) is 6.87. The molecule has 0 aliphatic carbocycles. The Morgan fingerprint density at radius 2 is 1.93 bits per heavy atom. The van der Waals surface area contributed by atoms with Crippen LogP contribution in [0.5, 0.6) is 0 Å². The number of urea groups is 1. The maximum atomic E-state index is 11.3. The molecular formula is C10H20N2OS. The van der Waals surface area contributed by atoms with Gasteiger partial charge in [0.05, 0.1) is 5.04 Å². The second-order valence-electron chi connectivity index (χ2n) is 3.91. The fourth-order valence-electron chi connectivity index (χ4n) is 0.916. The third kappa shape index (κ3) is 6.95. The van der Waals surface area contributed by atoms with Crippen LogP contribution in [0.1, 0.15) is 34.1 Å². The summed E-state index contributed by atoms with van der Waals surface area (Å²) in [4.78, 5) is 15.3. The SMILES string of the molecule is CSC(CC(C)C)=NC(=O)NC(C)C. The number of aliphatic imine (C=N–C) groups is 1. The van der Waals surface area contributed by atoms with E-state index in [-0.39, 0.29) is 12.1 Å². The van der Waals surface area contributed by atoms with Gasteiger partial charge in [0.1, 0.15) is 0 Å². The summed E-state index contributed by atoms with van der Waals surface area (Å²) < 4.78 is 0. The fraction of sp³-hybridized carbons (Fsp3) is 0.800. The van der Waals surface area contributed by atoms with Crippen molar-refractivity contribution in [2.24, 2.45) is 10.9 Å². The number of nitrogens with one attached hydrogen (secondary N) is 1. The van der Waals surface area contributed by atoms with Crippen molar-refractivity contribution in [3.05, 3.63) is 0 Å². The van der Waals surface area contributed by atoms with Crippen LogP contribution in [0.2, 0.25) is 0 Å². The van der Waals surface area contributed by atoms with Crippen LogP contribution in [0.3, 0.4) is 0 Å². The Labute approximate surface area is 90.8 Å². The zero-order chi connectivity index (χ0) is 11.1. The average molecular weight is 216 g/mol. The molecule has 0 heterocycles. The van der Waals surface area contributed by atoms with Gasteiger partial charge in [-0.3, -0.25) is 0 Å².